The molecule has 0 spiro atoms. The van der Waals surface area contributed by atoms with Crippen molar-refractivity contribution in [1.29, 1.82) is 5.26 Å². The molecule has 8 heteroatoms. The van der Waals surface area contributed by atoms with Gasteiger partial charge in [0.2, 0.25) is 0 Å². The fraction of sp³-hybridized carbons (Fsp3) is 0.344. The molecule has 0 aliphatic rings. The predicted octanol–water partition coefficient (Wildman–Crippen LogP) is 5.84. The number of rotatable bonds is 15. The van der Waals surface area contributed by atoms with Crippen LogP contribution in [0.4, 0.5) is 0 Å². The van der Waals surface area contributed by atoms with Gasteiger partial charge in [0.25, 0.3) is 0 Å². The van der Waals surface area contributed by atoms with Crippen molar-refractivity contribution < 1.29 is 33.3 Å². The summed E-state index contributed by atoms with van der Waals surface area (Å²) in [5.74, 6) is 0.360. The van der Waals surface area contributed by atoms with Crippen LogP contribution in [0.5, 0.6) is 11.5 Å². The van der Waals surface area contributed by atoms with Crippen LogP contribution in [0.1, 0.15) is 43.1 Å². The van der Waals surface area contributed by atoms with Crippen molar-refractivity contribution in [3.63, 3.8) is 0 Å². The summed E-state index contributed by atoms with van der Waals surface area (Å²) in [7, 11) is 0. The van der Waals surface area contributed by atoms with Gasteiger partial charge >= 0.3 is 11.9 Å². The second-order valence-corrected chi connectivity index (χ2v) is 9.57. The molecule has 40 heavy (non-hydrogen) atoms. The van der Waals surface area contributed by atoms with Gasteiger partial charge in [0, 0.05) is 0 Å². The number of carbonyl (C=O) groups excluding carboxylic acids is 2. The average Bonchev–Trinajstić information content (AvgIpc) is 2.98. The highest BCUT2D eigenvalue weighted by Crippen LogP contribution is 2.24. The maximum atomic E-state index is 12.5. The van der Waals surface area contributed by atoms with E-state index in [9.17, 15) is 9.59 Å². The van der Waals surface area contributed by atoms with Crippen molar-refractivity contribution in [3.05, 3.63) is 83.9 Å². The smallest absolute Gasteiger partial charge is 0.343 e. The Morgan fingerprint density at radius 2 is 1.25 bits per heavy atom. The van der Waals surface area contributed by atoms with E-state index in [1.54, 1.807) is 48.5 Å². The number of hydrogen-bond acceptors (Lipinski definition) is 8. The molecule has 0 amide bonds. The molecular formula is C32H35NO7. The molecule has 3 aromatic rings. The van der Waals surface area contributed by atoms with E-state index in [2.05, 4.69) is 6.07 Å². The third-order valence-corrected chi connectivity index (χ3v) is 6.27. The molecule has 0 unspecified atom stereocenters. The van der Waals surface area contributed by atoms with Gasteiger partial charge in [-0.25, -0.2) is 4.79 Å². The van der Waals surface area contributed by atoms with Crippen LogP contribution in [-0.2, 0) is 19.0 Å². The standard InChI is InChI=1S/C32H35NO7/c1-4-32(2,3)31(35)39-22-20-37-18-17-36-19-21-38-28-13-11-27(12-14-28)30(34)40-29-15-9-26(10-16-29)25-7-5-24(23-33)6-8-25/h5-16H,4,17-22H2,1-3H3. The number of nitriles is 1. The fourth-order valence-corrected chi connectivity index (χ4v) is 3.38. The number of nitrogens with zero attached hydrogens (tertiary/aromatic N) is 1. The van der Waals surface area contributed by atoms with Crippen LogP contribution in [0.25, 0.3) is 11.1 Å². The Kier molecular flexibility index (Phi) is 11.7. The predicted molar refractivity (Wildman–Crippen MR) is 150 cm³/mol. The van der Waals surface area contributed by atoms with Gasteiger partial charge in [0.15, 0.2) is 0 Å². The highest BCUT2D eigenvalue weighted by atomic mass is 16.6. The summed E-state index contributed by atoms with van der Waals surface area (Å²) in [4.78, 5) is 24.4. The first kappa shape index (κ1) is 30.4. The monoisotopic (exact) mass is 545 g/mol. The molecule has 0 N–H and O–H groups in total. The maximum Gasteiger partial charge on any atom is 0.343 e. The lowest BCUT2D eigenvalue weighted by Crippen LogP contribution is -2.27. The SMILES string of the molecule is CCC(C)(C)C(=O)OCCOCCOCCOc1ccc(C(=O)Oc2ccc(-c3ccc(C#N)cc3)cc2)cc1. The number of benzene rings is 3. The molecule has 3 rings (SSSR count). The van der Waals surface area contributed by atoms with Crippen LogP contribution in [-0.4, -0.2) is 51.6 Å². The number of ether oxygens (including phenoxy) is 5. The van der Waals surface area contributed by atoms with Gasteiger partial charge in [-0.15, -0.1) is 0 Å². The third kappa shape index (κ3) is 9.53. The van der Waals surface area contributed by atoms with Gasteiger partial charge in [0.05, 0.1) is 49.0 Å². The highest BCUT2D eigenvalue weighted by Gasteiger charge is 2.26. The molecule has 0 heterocycles. The summed E-state index contributed by atoms with van der Waals surface area (Å²) in [5, 5.41) is 8.93. The molecule has 0 atom stereocenters. The van der Waals surface area contributed by atoms with Crippen LogP contribution in [0.2, 0.25) is 0 Å². The molecule has 8 nitrogen and oxygen atoms in total. The lowest BCUT2D eigenvalue weighted by atomic mass is 9.91. The van der Waals surface area contributed by atoms with Gasteiger partial charge < -0.3 is 23.7 Å². The minimum atomic E-state index is -0.477. The Morgan fingerprint density at radius 1 is 0.725 bits per heavy atom. The Balaban J connectivity index is 1.30. The summed E-state index contributed by atoms with van der Waals surface area (Å²) in [6.07, 6.45) is 0.720. The van der Waals surface area contributed by atoms with Crippen molar-refractivity contribution in [2.75, 3.05) is 39.6 Å². The van der Waals surface area contributed by atoms with E-state index in [4.69, 9.17) is 28.9 Å². The molecular weight excluding hydrogens is 510 g/mol. The molecule has 0 bridgehead atoms. The van der Waals surface area contributed by atoms with E-state index >= 15 is 0 Å². The summed E-state index contributed by atoms with van der Waals surface area (Å²) >= 11 is 0. The second kappa shape index (κ2) is 15.4. The molecule has 0 saturated heterocycles. The minimum Gasteiger partial charge on any atom is -0.491 e. The molecule has 0 radical (unpaired) electrons. The van der Waals surface area contributed by atoms with Crippen molar-refractivity contribution in [3.8, 4) is 28.7 Å². The Bertz CT molecular complexity index is 1260. The van der Waals surface area contributed by atoms with Gasteiger partial charge in [-0.2, -0.15) is 5.26 Å². The van der Waals surface area contributed by atoms with Crippen molar-refractivity contribution in [2.24, 2.45) is 5.41 Å². The van der Waals surface area contributed by atoms with Gasteiger partial charge in [-0.1, -0.05) is 31.2 Å². The van der Waals surface area contributed by atoms with E-state index in [0.29, 0.717) is 55.7 Å². The molecule has 210 valence electrons. The summed E-state index contributed by atoms with van der Waals surface area (Å²) in [5.41, 5.74) is 2.45. The number of hydrogen-bond donors (Lipinski definition) is 0. The second-order valence-electron chi connectivity index (χ2n) is 9.57. The molecule has 3 aromatic carbocycles. The van der Waals surface area contributed by atoms with Crippen LogP contribution >= 0.6 is 0 Å². The summed E-state index contributed by atoms with van der Waals surface area (Å²) in [6.45, 7) is 7.73. The zero-order chi connectivity index (χ0) is 28.8. The quantitative estimate of drug-likeness (QED) is 0.133. The molecule has 0 fully saturated rings. The van der Waals surface area contributed by atoms with Gasteiger partial charge in [-0.3, -0.25) is 4.79 Å². The number of carbonyl (C=O) groups is 2. The summed E-state index contributed by atoms with van der Waals surface area (Å²) < 4.78 is 27.2. The van der Waals surface area contributed by atoms with Crippen LogP contribution in [0.3, 0.4) is 0 Å². The van der Waals surface area contributed by atoms with E-state index < -0.39 is 11.4 Å². The van der Waals surface area contributed by atoms with Crippen molar-refractivity contribution in [1.82, 2.24) is 0 Å². The summed E-state index contributed by atoms with van der Waals surface area (Å²) in [6, 6.07) is 23.3. The largest absolute Gasteiger partial charge is 0.491 e. The van der Waals surface area contributed by atoms with E-state index in [1.165, 1.54) is 0 Å². The van der Waals surface area contributed by atoms with Crippen LogP contribution in [0, 0.1) is 16.7 Å². The third-order valence-electron chi connectivity index (χ3n) is 6.27. The molecule has 0 aromatic heterocycles. The normalized spacial score (nSPS) is 10.9. The average molecular weight is 546 g/mol. The van der Waals surface area contributed by atoms with Crippen molar-refractivity contribution in [2.45, 2.75) is 27.2 Å². The lowest BCUT2D eigenvalue weighted by molar-refractivity contribution is -0.155. The van der Waals surface area contributed by atoms with E-state index in [0.717, 1.165) is 17.5 Å². The Hall–Kier alpha value is -4.19. The van der Waals surface area contributed by atoms with Gasteiger partial charge in [0.1, 0.15) is 24.7 Å². The molecule has 0 aliphatic heterocycles. The van der Waals surface area contributed by atoms with E-state index in [1.807, 2.05) is 45.0 Å². The molecule has 0 saturated carbocycles. The molecule has 0 aliphatic carbocycles. The minimum absolute atomic E-state index is 0.219. The Labute approximate surface area is 235 Å². The number of esters is 2. The highest BCUT2D eigenvalue weighted by molar-refractivity contribution is 5.91. The van der Waals surface area contributed by atoms with Crippen LogP contribution in [0.15, 0.2) is 72.8 Å². The maximum absolute atomic E-state index is 12.5. The fourth-order valence-electron chi connectivity index (χ4n) is 3.38. The first-order valence-electron chi connectivity index (χ1n) is 13.2. The Morgan fingerprint density at radius 3 is 1.82 bits per heavy atom. The van der Waals surface area contributed by atoms with Gasteiger partial charge in [-0.05, 0) is 79.9 Å². The first-order chi connectivity index (χ1) is 19.3. The van der Waals surface area contributed by atoms with Crippen molar-refractivity contribution >= 4 is 11.9 Å². The lowest BCUT2D eigenvalue weighted by Gasteiger charge is -2.20. The van der Waals surface area contributed by atoms with Crippen LogP contribution < -0.4 is 9.47 Å². The zero-order valence-electron chi connectivity index (χ0n) is 23.2. The zero-order valence-corrected chi connectivity index (χ0v) is 23.2. The first-order valence-corrected chi connectivity index (χ1v) is 13.2. The topological polar surface area (TPSA) is 104 Å². The van der Waals surface area contributed by atoms with E-state index in [-0.39, 0.29) is 12.6 Å².